The van der Waals surface area contributed by atoms with Crippen molar-refractivity contribution in [2.24, 2.45) is 0 Å². The number of halogens is 3. The van der Waals surface area contributed by atoms with Crippen molar-refractivity contribution in [3.8, 4) is 0 Å². The minimum atomic E-state index is -4.43. The maximum atomic E-state index is 12.6. The molecule has 4 nitrogen and oxygen atoms in total. The van der Waals surface area contributed by atoms with Crippen LogP contribution in [0.3, 0.4) is 0 Å². The van der Waals surface area contributed by atoms with Gasteiger partial charge in [-0.05, 0) is 6.07 Å². The predicted octanol–water partition coefficient (Wildman–Crippen LogP) is 1.90. The van der Waals surface area contributed by atoms with Gasteiger partial charge in [-0.3, -0.25) is 9.69 Å². The van der Waals surface area contributed by atoms with Crippen LogP contribution in [0.5, 0.6) is 0 Å². The zero-order valence-electron chi connectivity index (χ0n) is 9.95. The normalized spacial score (nSPS) is 15.6. The van der Waals surface area contributed by atoms with Gasteiger partial charge in [0.1, 0.15) is 0 Å². The van der Waals surface area contributed by atoms with E-state index in [-0.39, 0.29) is 11.7 Å². The number of fused-ring (bicyclic) bond motifs is 1. The first-order valence-electron chi connectivity index (χ1n) is 5.37. The lowest BCUT2D eigenvalue weighted by Gasteiger charge is -2.34. The third-order valence-corrected chi connectivity index (χ3v) is 2.88. The van der Waals surface area contributed by atoms with Crippen LogP contribution in [0.25, 0.3) is 0 Å². The van der Waals surface area contributed by atoms with Crippen molar-refractivity contribution in [1.82, 2.24) is 4.98 Å². The van der Waals surface area contributed by atoms with Crippen LogP contribution in [0.15, 0.2) is 12.3 Å². The fourth-order valence-corrected chi connectivity index (χ4v) is 1.87. The highest BCUT2D eigenvalue weighted by Gasteiger charge is 2.34. The number of alkyl halides is 3. The molecule has 1 aromatic heterocycles. The van der Waals surface area contributed by atoms with Crippen molar-refractivity contribution >= 4 is 17.4 Å². The molecule has 0 unspecified atom stereocenters. The average Bonchev–Trinajstić information content (AvgIpc) is 2.27. The molecule has 2 rings (SSSR count). The lowest BCUT2D eigenvalue weighted by Crippen LogP contribution is -2.42. The molecule has 0 spiro atoms. The summed E-state index contributed by atoms with van der Waals surface area (Å²) in [4.78, 5) is 18.2. The van der Waals surface area contributed by atoms with Crippen LogP contribution in [0.2, 0.25) is 0 Å². The quantitative estimate of drug-likeness (QED) is 0.714. The number of likely N-dealkylation sites (N-methyl/N-ethyl adjacent to an activating group) is 1. The Kier molecular flexibility index (Phi) is 2.92. The Bertz CT molecular complexity index is 487. The molecule has 0 fully saturated rings. The molecule has 1 aliphatic rings. The first-order chi connectivity index (χ1) is 8.30. The van der Waals surface area contributed by atoms with E-state index in [1.807, 2.05) is 0 Å². The molecule has 1 aromatic rings. The molecule has 0 radical (unpaired) electrons. The number of carbonyl (C=O) groups excluding carboxylic acids is 1. The van der Waals surface area contributed by atoms with E-state index < -0.39 is 11.7 Å². The molecule has 2 heterocycles. The van der Waals surface area contributed by atoms with Crippen LogP contribution in [-0.4, -0.2) is 31.0 Å². The highest BCUT2D eigenvalue weighted by Crippen LogP contribution is 2.36. The second-order valence-electron chi connectivity index (χ2n) is 4.16. The molecule has 0 bridgehead atoms. The van der Waals surface area contributed by atoms with Gasteiger partial charge in [-0.15, -0.1) is 0 Å². The van der Waals surface area contributed by atoms with Crippen molar-refractivity contribution in [2.45, 2.75) is 13.1 Å². The second-order valence-corrected chi connectivity index (χ2v) is 4.16. The van der Waals surface area contributed by atoms with Crippen LogP contribution in [0.4, 0.5) is 24.7 Å². The maximum absolute atomic E-state index is 12.6. The zero-order chi connectivity index (χ0) is 13.5. The highest BCUT2D eigenvalue weighted by atomic mass is 19.4. The molecule has 7 heteroatoms. The molecular weight excluding hydrogens is 247 g/mol. The fourth-order valence-electron chi connectivity index (χ4n) is 1.87. The minimum absolute atomic E-state index is 0.225. The van der Waals surface area contributed by atoms with Crippen molar-refractivity contribution in [2.75, 3.05) is 29.9 Å². The van der Waals surface area contributed by atoms with Gasteiger partial charge in [0.2, 0.25) is 5.91 Å². The third kappa shape index (κ3) is 2.12. The Morgan fingerprint density at radius 1 is 1.39 bits per heavy atom. The average molecular weight is 259 g/mol. The Morgan fingerprint density at radius 3 is 2.61 bits per heavy atom. The number of nitrogens with zero attached hydrogens (tertiary/aromatic N) is 3. The third-order valence-electron chi connectivity index (χ3n) is 2.88. The van der Waals surface area contributed by atoms with Gasteiger partial charge in [0, 0.05) is 33.3 Å². The van der Waals surface area contributed by atoms with Crippen LogP contribution in [0, 0.1) is 0 Å². The second kappa shape index (κ2) is 4.15. The molecule has 18 heavy (non-hydrogen) atoms. The van der Waals surface area contributed by atoms with E-state index in [0.717, 1.165) is 12.3 Å². The summed E-state index contributed by atoms with van der Waals surface area (Å²) < 4.78 is 37.8. The van der Waals surface area contributed by atoms with Crippen molar-refractivity contribution in [1.29, 1.82) is 0 Å². The lowest BCUT2D eigenvalue weighted by atomic mass is 10.2. The largest absolute Gasteiger partial charge is 0.417 e. The maximum Gasteiger partial charge on any atom is 0.417 e. The van der Waals surface area contributed by atoms with Crippen molar-refractivity contribution in [3.63, 3.8) is 0 Å². The topological polar surface area (TPSA) is 36.4 Å². The monoisotopic (exact) mass is 259 g/mol. The number of pyridine rings is 1. The molecule has 0 N–H and O–H groups in total. The predicted molar refractivity (Wildman–Crippen MR) is 60.5 cm³/mol. The van der Waals surface area contributed by atoms with Gasteiger partial charge in [0.05, 0.1) is 11.3 Å². The highest BCUT2D eigenvalue weighted by molar-refractivity contribution is 5.94. The van der Waals surface area contributed by atoms with Crippen LogP contribution in [-0.2, 0) is 11.0 Å². The number of hydrogen-bond donors (Lipinski definition) is 0. The van der Waals surface area contributed by atoms with E-state index in [2.05, 4.69) is 4.98 Å². The standard InChI is InChI=1S/C11H12F3N3O/c1-7(18)17-4-3-16(2)9-5-8(11(12,13)14)6-15-10(9)17/h5-6H,3-4H2,1-2H3. The summed E-state index contributed by atoms with van der Waals surface area (Å²) in [6, 6.07) is 1.03. The van der Waals surface area contributed by atoms with Crippen molar-refractivity contribution in [3.05, 3.63) is 17.8 Å². The summed E-state index contributed by atoms with van der Waals surface area (Å²) in [5.74, 6) is 0.0564. The molecule has 0 aliphatic carbocycles. The molecule has 0 saturated carbocycles. The molecule has 1 aliphatic heterocycles. The minimum Gasteiger partial charge on any atom is -0.370 e. The first kappa shape index (κ1) is 12.7. The van der Waals surface area contributed by atoms with E-state index in [1.165, 1.54) is 11.8 Å². The summed E-state index contributed by atoms with van der Waals surface area (Å²) in [7, 11) is 1.68. The number of carbonyl (C=O) groups is 1. The Balaban J connectivity index is 2.50. The Labute approximate surface area is 102 Å². The van der Waals surface area contributed by atoms with Crippen molar-refractivity contribution < 1.29 is 18.0 Å². The summed E-state index contributed by atoms with van der Waals surface area (Å²) >= 11 is 0. The first-order valence-corrected chi connectivity index (χ1v) is 5.37. The van der Waals surface area contributed by atoms with Gasteiger partial charge in [-0.2, -0.15) is 13.2 Å². The number of rotatable bonds is 0. The number of hydrogen-bond acceptors (Lipinski definition) is 3. The van der Waals surface area contributed by atoms with Gasteiger partial charge in [-0.25, -0.2) is 4.98 Å². The van der Waals surface area contributed by atoms with E-state index in [1.54, 1.807) is 11.9 Å². The SMILES string of the molecule is CC(=O)N1CCN(C)c2cc(C(F)(F)F)cnc21. The number of amides is 1. The van der Waals surface area contributed by atoms with Crippen LogP contribution >= 0.6 is 0 Å². The Morgan fingerprint density at radius 2 is 2.06 bits per heavy atom. The molecule has 0 atom stereocenters. The summed E-state index contributed by atoms with van der Waals surface area (Å²) in [6.45, 7) is 2.28. The molecular formula is C11H12F3N3O. The van der Waals surface area contributed by atoms with E-state index in [9.17, 15) is 18.0 Å². The van der Waals surface area contributed by atoms with Crippen LogP contribution in [0.1, 0.15) is 12.5 Å². The molecule has 0 saturated heterocycles. The summed E-state index contributed by atoms with van der Waals surface area (Å²) in [5.41, 5.74) is -0.482. The zero-order valence-corrected chi connectivity index (χ0v) is 9.95. The van der Waals surface area contributed by atoms with Gasteiger partial charge >= 0.3 is 6.18 Å². The lowest BCUT2D eigenvalue weighted by molar-refractivity contribution is -0.137. The van der Waals surface area contributed by atoms with Gasteiger partial charge in [0.25, 0.3) is 0 Å². The van der Waals surface area contributed by atoms with E-state index >= 15 is 0 Å². The van der Waals surface area contributed by atoms with E-state index in [0.29, 0.717) is 18.8 Å². The van der Waals surface area contributed by atoms with Crippen LogP contribution < -0.4 is 9.80 Å². The fraction of sp³-hybridized carbons (Fsp3) is 0.455. The number of anilines is 2. The summed E-state index contributed by atoms with van der Waals surface area (Å²) in [6.07, 6.45) is -3.67. The summed E-state index contributed by atoms with van der Waals surface area (Å²) in [5, 5.41) is 0. The van der Waals surface area contributed by atoms with Gasteiger partial charge < -0.3 is 4.90 Å². The molecule has 0 aromatic carbocycles. The molecule has 1 amide bonds. The van der Waals surface area contributed by atoms with E-state index in [4.69, 9.17) is 0 Å². The molecule has 98 valence electrons. The smallest absolute Gasteiger partial charge is 0.370 e. The Hall–Kier alpha value is -1.79. The number of aromatic nitrogens is 1. The van der Waals surface area contributed by atoms with Gasteiger partial charge in [0.15, 0.2) is 5.82 Å². The van der Waals surface area contributed by atoms with Gasteiger partial charge in [-0.1, -0.05) is 0 Å².